The zero-order valence-electron chi connectivity index (χ0n) is 19.7. The van der Waals surface area contributed by atoms with Gasteiger partial charge in [0.2, 0.25) is 0 Å². The standard InChI is InChI=1S/C29H28N2O3/c1-21-4-7-24(8-5-21)25-9-11-26(12-10-25)29(32)31(19-22-14-16-30-17-15-22)20-23-6-13-27(33-2)28(18-23)34-3/h4-18H,19-20H2,1-3H3. The molecule has 0 bridgehead atoms. The van der Waals surface area contributed by atoms with Crippen LogP contribution in [0.1, 0.15) is 27.0 Å². The highest BCUT2D eigenvalue weighted by Crippen LogP contribution is 2.29. The van der Waals surface area contributed by atoms with Gasteiger partial charge in [-0.25, -0.2) is 0 Å². The molecular formula is C29H28N2O3. The Morgan fingerprint density at radius 2 is 1.32 bits per heavy atom. The minimum absolute atomic E-state index is 0.0398. The maximum atomic E-state index is 13.6. The second-order valence-corrected chi connectivity index (χ2v) is 8.15. The summed E-state index contributed by atoms with van der Waals surface area (Å²) in [7, 11) is 3.22. The van der Waals surface area contributed by atoms with Gasteiger partial charge in [0, 0.05) is 31.0 Å². The minimum Gasteiger partial charge on any atom is -0.493 e. The maximum Gasteiger partial charge on any atom is 0.254 e. The first-order chi connectivity index (χ1) is 16.6. The second kappa shape index (κ2) is 10.7. The third-order valence-electron chi connectivity index (χ3n) is 5.75. The number of carbonyl (C=O) groups excluding carboxylic acids is 1. The van der Waals surface area contributed by atoms with Gasteiger partial charge >= 0.3 is 0 Å². The van der Waals surface area contributed by atoms with E-state index in [1.807, 2.05) is 59.5 Å². The molecule has 172 valence electrons. The van der Waals surface area contributed by atoms with Gasteiger partial charge in [0.15, 0.2) is 11.5 Å². The summed E-state index contributed by atoms with van der Waals surface area (Å²) < 4.78 is 10.8. The van der Waals surface area contributed by atoms with E-state index >= 15 is 0 Å². The SMILES string of the molecule is COc1ccc(CN(Cc2ccncc2)C(=O)c2ccc(-c3ccc(C)cc3)cc2)cc1OC. The van der Waals surface area contributed by atoms with Gasteiger partial charge in [-0.3, -0.25) is 9.78 Å². The van der Waals surface area contributed by atoms with Crippen molar-refractivity contribution >= 4 is 5.91 Å². The summed E-state index contributed by atoms with van der Waals surface area (Å²) in [4.78, 5) is 19.5. The van der Waals surface area contributed by atoms with E-state index in [1.165, 1.54) is 5.56 Å². The smallest absolute Gasteiger partial charge is 0.254 e. The number of nitrogens with zero attached hydrogens (tertiary/aromatic N) is 2. The molecular weight excluding hydrogens is 424 g/mol. The Morgan fingerprint density at radius 3 is 1.94 bits per heavy atom. The van der Waals surface area contributed by atoms with Gasteiger partial charge in [-0.05, 0) is 65.6 Å². The van der Waals surface area contributed by atoms with Crippen molar-refractivity contribution in [3.8, 4) is 22.6 Å². The first kappa shape index (κ1) is 23.1. The number of benzene rings is 3. The Labute approximate surface area is 200 Å². The van der Waals surface area contributed by atoms with Crippen LogP contribution in [-0.4, -0.2) is 30.0 Å². The van der Waals surface area contributed by atoms with E-state index < -0.39 is 0 Å². The highest BCUT2D eigenvalue weighted by Gasteiger charge is 2.18. The first-order valence-corrected chi connectivity index (χ1v) is 11.1. The number of rotatable bonds is 8. The summed E-state index contributed by atoms with van der Waals surface area (Å²) in [6.07, 6.45) is 3.48. The van der Waals surface area contributed by atoms with Crippen LogP contribution < -0.4 is 9.47 Å². The molecule has 0 radical (unpaired) electrons. The highest BCUT2D eigenvalue weighted by atomic mass is 16.5. The van der Waals surface area contributed by atoms with Crippen molar-refractivity contribution < 1.29 is 14.3 Å². The van der Waals surface area contributed by atoms with Crippen molar-refractivity contribution in [1.29, 1.82) is 0 Å². The lowest BCUT2D eigenvalue weighted by atomic mass is 10.0. The molecule has 0 atom stereocenters. The predicted molar refractivity (Wildman–Crippen MR) is 134 cm³/mol. The van der Waals surface area contributed by atoms with Crippen LogP contribution in [0.2, 0.25) is 0 Å². The second-order valence-electron chi connectivity index (χ2n) is 8.15. The average Bonchev–Trinajstić information content (AvgIpc) is 2.89. The van der Waals surface area contributed by atoms with Crippen LogP contribution in [-0.2, 0) is 13.1 Å². The number of hydrogen-bond donors (Lipinski definition) is 0. The molecule has 0 aliphatic rings. The van der Waals surface area contributed by atoms with Crippen LogP contribution in [0.15, 0.2) is 91.3 Å². The van der Waals surface area contributed by atoms with Crippen LogP contribution >= 0.6 is 0 Å². The molecule has 5 heteroatoms. The topological polar surface area (TPSA) is 51.7 Å². The third kappa shape index (κ3) is 5.44. The van der Waals surface area contributed by atoms with Crippen molar-refractivity contribution in [3.05, 3.63) is 114 Å². The average molecular weight is 453 g/mol. The van der Waals surface area contributed by atoms with Crippen molar-refractivity contribution in [2.75, 3.05) is 14.2 Å². The number of ether oxygens (including phenoxy) is 2. The highest BCUT2D eigenvalue weighted by molar-refractivity contribution is 5.94. The summed E-state index contributed by atoms with van der Waals surface area (Å²) in [5, 5.41) is 0. The van der Waals surface area contributed by atoms with Crippen LogP contribution in [0.4, 0.5) is 0 Å². The maximum absolute atomic E-state index is 13.6. The molecule has 0 spiro atoms. The quantitative estimate of drug-likeness (QED) is 0.333. The van der Waals surface area contributed by atoms with E-state index in [1.54, 1.807) is 26.6 Å². The first-order valence-electron chi connectivity index (χ1n) is 11.1. The van der Waals surface area contributed by atoms with Crippen molar-refractivity contribution in [1.82, 2.24) is 9.88 Å². The number of hydrogen-bond acceptors (Lipinski definition) is 4. The van der Waals surface area contributed by atoms with E-state index in [-0.39, 0.29) is 5.91 Å². The predicted octanol–water partition coefficient (Wildman–Crippen LogP) is 5.92. The zero-order chi connectivity index (χ0) is 23.9. The Bertz CT molecular complexity index is 1240. The molecule has 1 aromatic heterocycles. The molecule has 0 aliphatic carbocycles. The molecule has 4 aromatic rings. The van der Waals surface area contributed by atoms with E-state index in [2.05, 4.69) is 36.2 Å². The van der Waals surface area contributed by atoms with E-state index in [0.717, 1.165) is 22.3 Å². The summed E-state index contributed by atoms with van der Waals surface area (Å²) in [6.45, 7) is 2.97. The fourth-order valence-corrected chi connectivity index (χ4v) is 3.84. The molecule has 0 saturated carbocycles. The van der Waals surface area contributed by atoms with E-state index in [9.17, 15) is 4.79 Å². The number of methoxy groups -OCH3 is 2. The lowest BCUT2D eigenvalue weighted by Crippen LogP contribution is -2.30. The molecule has 1 amide bonds. The number of aryl methyl sites for hydroxylation is 1. The number of amides is 1. The number of carbonyl (C=O) groups is 1. The molecule has 5 nitrogen and oxygen atoms in total. The van der Waals surface area contributed by atoms with Crippen LogP contribution in [0.3, 0.4) is 0 Å². The molecule has 34 heavy (non-hydrogen) atoms. The monoisotopic (exact) mass is 452 g/mol. The van der Waals surface area contributed by atoms with Gasteiger partial charge in [0.05, 0.1) is 14.2 Å². The summed E-state index contributed by atoms with van der Waals surface area (Å²) >= 11 is 0. The summed E-state index contributed by atoms with van der Waals surface area (Å²) in [5.74, 6) is 1.26. The van der Waals surface area contributed by atoms with Crippen molar-refractivity contribution in [2.45, 2.75) is 20.0 Å². The normalized spacial score (nSPS) is 10.6. The Balaban J connectivity index is 1.60. The van der Waals surface area contributed by atoms with Gasteiger partial charge in [-0.1, -0.05) is 48.0 Å². The summed E-state index contributed by atoms with van der Waals surface area (Å²) in [5.41, 5.74) is 6.04. The van der Waals surface area contributed by atoms with Gasteiger partial charge in [0.25, 0.3) is 5.91 Å². The third-order valence-corrected chi connectivity index (χ3v) is 5.75. The molecule has 3 aromatic carbocycles. The van der Waals surface area contributed by atoms with Gasteiger partial charge in [-0.15, -0.1) is 0 Å². The van der Waals surface area contributed by atoms with E-state index in [4.69, 9.17) is 9.47 Å². The van der Waals surface area contributed by atoms with E-state index in [0.29, 0.717) is 30.2 Å². The summed E-state index contributed by atoms with van der Waals surface area (Å²) in [6, 6.07) is 25.7. The van der Waals surface area contributed by atoms with Gasteiger partial charge < -0.3 is 14.4 Å². The largest absolute Gasteiger partial charge is 0.493 e. The molecule has 0 unspecified atom stereocenters. The fourth-order valence-electron chi connectivity index (χ4n) is 3.84. The lowest BCUT2D eigenvalue weighted by Gasteiger charge is -2.24. The number of aromatic nitrogens is 1. The molecule has 0 fully saturated rings. The van der Waals surface area contributed by atoms with Gasteiger partial charge in [0.1, 0.15) is 0 Å². The van der Waals surface area contributed by atoms with Crippen LogP contribution in [0.5, 0.6) is 11.5 Å². The molecule has 4 rings (SSSR count). The molecule has 1 heterocycles. The number of pyridine rings is 1. The van der Waals surface area contributed by atoms with Crippen molar-refractivity contribution in [2.24, 2.45) is 0 Å². The Kier molecular flexibility index (Phi) is 7.23. The zero-order valence-corrected chi connectivity index (χ0v) is 19.7. The van der Waals surface area contributed by atoms with Crippen molar-refractivity contribution in [3.63, 3.8) is 0 Å². The molecule has 0 N–H and O–H groups in total. The molecule has 0 saturated heterocycles. The lowest BCUT2D eigenvalue weighted by molar-refractivity contribution is 0.0730. The Hall–Kier alpha value is -4.12. The van der Waals surface area contributed by atoms with Crippen LogP contribution in [0, 0.1) is 6.92 Å². The Morgan fingerprint density at radius 1 is 0.735 bits per heavy atom. The van der Waals surface area contributed by atoms with Gasteiger partial charge in [-0.2, -0.15) is 0 Å². The fraction of sp³-hybridized carbons (Fsp3) is 0.172. The minimum atomic E-state index is -0.0398. The van der Waals surface area contributed by atoms with Crippen LogP contribution in [0.25, 0.3) is 11.1 Å². The molecule has 0 aliphatic heterocycles.